The number of aryl methyl sites for hydroxylation is 2. The van der Waals surface area contributed by atoms with Gasteiger partial charge in [-0.15, -0.1) is 0 Å². The minimum atomic E-state index is -0.347. The Morgan fingerprint density at radius 1 is 1.05 bits per heavy atom. The van der Waals surface area contributed by atoms with E-state index in [0.29, 0.717) is 5.82 Å². The topological polar surface area (TPSA) is 64.9 Å². The van der Waals surface area contributed by atoms with Crippen molar-refractivity contribution in [3.8, 4) is 0 Å². The highest BCUT2D eigenvalue weighted by atomic mass is 16.5. The number of aromatic nitrogens is 2. The summed E-state index contributed by atoms with van der Waals surface area (Å²) in [5.74, 6) is 1.44. The summed E-state index contributed by atoms with van der Waals surface area (Å²) in [5.41, 5.74) is 9.76. The second-order valence-electron chi connectivity index (χ2n) is 6.89. The van der Waals surface area contributed by atoms with Gasteiger partial charge in [-0.05, 0) is 51.5 Å². The van der Waals surface area contributed by atoms with E-state index >= 15 is 0 Å². The maximum absolute atomic E-state index is 6.30. The van der Waals surface area contributed by atoms with Crippen LogP contribution in [-0.2, 0) is 11.0 Å². The molecule has 0 amide bonds. The fourth-order valence-corrected chi connectivity index (χ4v) is 3.40. The Bertz CT molecular complexity index is 676. The minimum Gasteiger partial charge on any atom is -0.338 e. The lowest BCUT2D eigenvalue weighted by atomic mass is 9.77. The van der Waals surface area contributed by atoms with Crippen molar-refractivity contribution in [1.82, 2.24) is 10.1 Å². The molecule has 2 aliphatic carbocycles. The molecule has 2 N–H and O–H groups in total. The lowest BCUT2D eigenvalue weighted by Crippen LogP contribution is -2.44. The number of hydrogen-bond acceptors (Lipinski definition) is 4. The average molecular weight is 283 g/mol. The number of nitrogens with zero attached hydrogens (tertiary/aromatic N) is 2. The van der Waals surface area contributed by atoms with Crippen molar-refractivity contribution in [3.63, 3.8) is 0 Å². The van der Waals surface area contributed by atoms with Crippen LogP contribution < -0.4 is 5.73 Å². The van der Waals surface area contributed by atoms with E-state index in [-0.39, 0.29) is 11.0 Å². The highest BCUT2D eigenvalue weighted by Gasteiger charge is 2.52. The standard InChI is InChI=1S/C17H21N3O/c1-11-8-12(2)10-13(9-11)16(6-7-16)15-19-14(20-21-15)17(18)4-3-5-17/h8-10H,3-7,18H2,1-2H3. The molecule has 2 saturated carbocycles. The Kier molecular flexibility index (Phi) is 2.58. The van der Waals surface area contributed by atoms with Crippen LogP contribution in [0.2, 0.25) is 0 Å². The van der Waals surface area contributed by atoms with Crippen molar-refractivity contribution >= 4 is 0 Å². The van der Waals surface area contributed by atoms with Crippen molar-refractivity contribution in [2.75, 3.05) is 0 Å². The van der Waals surface area contributed by atoms with Gasteiger partial charge in [-0.2, -0.15) is 4.98 Å². The van der Waals surface area contributed by atoms with E-state index in [9.17, 15) is 0 Å². The molecule has 0 bridgehead atoms. The van der Waals surface area contributed by atoms with Crippen LogP contribution in [0.5, 0.6) is 0 Å². The molecule has 0 unspecified atom stereocenters. The van der Waals surface area contributed by atoms with Gasteiger partial charge in [0, 0.05) is 0 Å². The Morgan fingerprint density at radius 2 is 1.71 bits per heavy atom. The van der Waals surface area contributed by atoms with Crippen LogP contribution in [0, 0.1) is 13.8 Å². The monoisotopic (exact) mass is 283 g/mol. The molecule has 2 aromatic rings. The fraction of sp³-hybridized carbons (Fsp3) is 0.529. The Hall–Kier alpha value is -1.68. The zero-order valence-corrected chi connectivity index (χ0v) is 12.6. The summed E-state index contributed by atoms with van der Waals surface area (Å²) in [6.07, 6.45) is 5.23. The fourth-order valence-electron chi connectivity index (χ4n) is 3.40. The molecule has 4 rings (SSSR count). The van der Waals surface area contributed by atoms with E-state index in [4.69, 9.17) is 10.3 Å². The molecule has 110 valence electrons. The first-order chi connectivity index (χ1) is 10.0. The van der Waals surface area contributed by atoms with Gasteiger partial charge in [0.15, 0.2) is 5.82 Å². The van der Waals surface area contributed by atoms with Crippen LogP contribution in [0.1, 0.15) is 60.5 Å². The van der Waals surface area contributed by atoms with Crippen LogP contribution >= 0.6 is 0 Å². The van der Waals surface area contributed by atoms with Crippen LogP contribution in [0.4, 0.5) is 0 Å². The van der Waals surface area contributed by atoms with E-state index in [1.54, 1.807) is 0 Å². The maximum Gasteiger partial charge on any atom is 0.237 e. The smallest absolute Gasteiger partial charge is 0.237 e. The third-order valence-electron chi connectivity index (χ3n) is 5.05. The number of nitrogens with two attached hydrogens (primary N) is 1. The predicted octanol–water partition coefficient (Wildman–Crippen LogP) is 3.10. The molecule has 1 aromatic heterocycles. The van der Waals surface area contributed by atoms with Gasteiger partial charge in [-0.1, -0.05) is 34.5 Å². The SMILES string of the molecule is Cc1cc(C)cc(C2(c3nc(C4(N)CCC4)no3)CC2)c1. The van der Waals surface area contributed by atoms with E-state index < -0.39 is 0 Å². The molecule has 0 spiro atoms. The molecule has 2 fully saturated rings. The Labute approximate surface area is 124 Å². The molecule has 21 heavy (non-hydrogen) atoms. The van der Waals surface area contributed by atoms with Crippen LogP contribution in [0.3, 0.4) is 0 Å². The van der Waals surface area contributed by atoms with E-state index in [1.807, 2.05) is 0 Å². The molecule has 0 radical (unpaired) electrons. The molecule has 4 heteroatoms. The number of hydrogen-bond donors (Lipinski definition) is 1. The summed E-state index contributed by atoms with van der Waals surface area (Å²) in [6.45, 7) is 4.27. The van der Waals surface area contributed by atoms with E-state index in [2.05, 4.69) is 42.2 Å². The molecular weight excluding hydrogens is 262 g/mol. The zero-order valence-electron chi connectivity index (χ0n) is 12.6. The van der Waals surface area contributed by atoms with Gasteiger partial charge in [-0.3, -0.25) is 0 Å². The lowest BCUT2D eigenvalue weighted by Gasteiger charge is -2.34. The molecule has 0 saturated heterocycles. The highest BCUT2D eigenvalue weighted by molar-refractivity contribution is 5.42. The van der Waals surface area contributed by atoms with Gasteiger partial charge in [0.25, 0.3) is 0 Å². The summed E-state index contributed by atoms with van der Waals surface area (Å²) in [6, 6.07) is 6.68. The molecule has 0 aliphatic heterocycles. The van der Waals surface area contributed by atoms with Crippen molar-refractivity contribution in [1.29, 1.82) is 0 Å². The summed E-state index contributed by atoms with van der Waals surface area (Å²) in [7, 11) is 0. The largest absolute Gasteiger partial charge is 0.338 e. The summed E-state index contributed by atoms with van der Waals surface area (Å²) < 4.78 is 5.61. The first kappa shape index (κ1) is 13.0. The van der Waals surface area contributed by atoms with Gasteiger partial charge in [0.2, 0.25) is 5.89 Å². The van der Waals surface area contributed by atoms with Gasteiger partial charge in [0.05, 0.1) is 11.0 Å². The van der Waals surface area contributed by atoms with Gasteiger partial charge in [-0.25, -0.2) is 0 Å². The van der Waals surface area contributed by atoms with E-state index in [0.717, 1.165) is 38.0 Å². The molecule has 1 heterocycles. The second kappa shape index (κ2) is 4.17. The lowest BCUT2D eigenvalue weighted by molar-refractivity contribution is 0.228. The predicted molar refractivity (Wildman–Crippen MR) is 79.9 cm³/mol. The Morgan fingerprint density at radius 3 is 2.24 bits per heavy atom. The molecular formula is C17H21N3O. The Balaban J connectivity index is 1.72. The molecule has 1 aromatic carbocycles. The second-order valence-corrected chi connectivity index (χ2v) is 6.89. The van der Waals surface area contributed by atoms with Crippen molar-refractivity contribution < 1.29 is 4.52 Å². The first-order valence-electron chi connectivity index (χ1n) is 7.74. The minimum absolute atomic E-state index is 0.0673. The number of benzene rings is 1. The van der Waals surface area contributed by atoms with Crippen molar-refractivity contribution in [2.45, 2.75) is 56.9 Å². The quantitative estimate of drug-likeness (QED) is 0.940. The normalized spacial score (nSPS) is 21.9. The zero-order chi connectivity index (χ0) is 14.7. The third-order valence-corrected chi connectivity index (χ3v) is 5.05. The van der Waals surface area contributed by atoms with Gasteiger partial charge >= 0.3 is 0 Å². The summed E-state index contributed by atoms with van der Waals surface area (Å²) in [4.78, 5) is 4.67. The molecule has 4 nitrogen and oxygen atoms in total. The van der Waals surface area contributed by atoms with E-state index in [1.165, 1.54) is 16.7 Å². The molecule has 0 atom stereocenters. The maximum atomic E-state index is 6.30. The molecule has 2 aliphatic rings. The van der Waals surface area contributed by atoms with Crippen LogP contribution in [0.25, 0.3) is 0 Å². The van der Waals surface area contributed by atoms with Gasteiger partial charge in [0.1, 0.15) is 0 Å². The third kappa shape index (κ3) is 1.93. The summed E-state index contributed by atoms with van der Waals surface area (Å²) in [5, 5.41) is 4.18. The van der Waals surface area contributed by atoms with Gasteiger partial charge < -0.3 is 10.3 Å². The van der Waals surface area contributed by atoms with Crippen molar-refractivity contribution in [3.05, 3.63) is 46.6 Å². The number of rotatable bonds is 3. The van der Waals surface area contributed by atoms with Crippen molar-refractivity contribution in [2.24, 2.45) is 5.73 Å². The first-order valence-corrected chi connectivity index (χ1v) is 7.74. The average Bonchev–Trinajstić information content (AvgIpc) is 3.06. The highest BCUT2D eigenvalue weighted by Crippen LogP contribution is 2.53. The van der Waals surface area contributed by atoms with Crippen LogP contribution in [0.15, 0.2) is 22.7 Å². The van der Waals surface area contributed by atoms with Crippen LogP contribution in [-0.4, -0.2) is 10.1 Å². The summed E-state index contributed by atoms with van der Waals surface area (Å²) >= 11 is 0.